The highest BCUT2D eigenvalue weighted by molar-refractivity contribution is 5.33. The SMILES string of the molecule is C#C[C@]1(O)CC[C@H]2[C@H]3[C@H](CC[C@@]21C)C1=C(C[C@H](O)CC1)C[C@@]3(C)O. The Morgan fingerprint density at radius 1 is 1.12 bits per heavy atom. The van der Waals surface area contributed by atoms with Crippen molar-refractivity contribution in [1.29, 1.82) is 0 Å². The monoisotopic (exact) mass is 330 g/mol. The predicted molar refractivity (Wildman–Crippen MR) is 93.0 cm³/mol. The van der Waals surface area contributed by atoms with E-state index in [0.717, 1.165) is 38.5 Å². The van der Waals surface area contributed by atoms with E-state index in [2.05, 4.69) is 12.8 Å². The molecule has 4 aliphatic rings. The Morgan fingerprint density at radius 2 is 1.88 bits per heavy atom. The molecular weight excluding hydrogens is 300 g/mol. The molecule has 0 amide bonds. The average molecular weight is 330 g/mol. The maximum absolute atomic E-state index is 11.4. The van der Waals surface area contributed by atoms with E-state index in [1.54, 1.807) is 0 Å². The Kier molecular flexibility index (Phi) is 3.53. The van der Waals surface area contributed by atoms with Gasteiger partial charge in [-0.1, -0.05) is 24.0 Å². The van der Waals surface area contributed by atoms with Crippen molar-refractivity contribution >= 4 is 0 Å². The molecule has 0 saturated heterocycles. The fourth-order valence-electron chi connectivity index (χ4n) is 6.85. The lowest BCUT2D eigenvalue weighted by Gasteiger charge is -2.57. The van der Waals surface area contributed by atoms with Gasteiger partial charge in [0.2, 0.25) is 0 Å². The van der Waals surface area contributed by atoms with Crippen LogP contribution in [0.1, 0.15) is 65.2 Å². The van der Waals surface area contributed by atoms with Crippen molar-refractivity contribution in [2.45, 2.75) is 82.5 Å². The van der Waals surface area contributed by atoms with Crippen LogP contribution in [0.2, 0.25) is 0 Å². The van der Waals surface area contributed by atoms with Gasteiger partial charge in [-0.3, -0.25) is 0 Å². The molecule has 3 nitrogen and oxygen atoms in total. The maximum atomic E-state index is 11.4. The number of fused-ring (bicyclic) bond motifs is 4. The molecule has 3 N–H and O–H groups in total. The van der Waals surface area contributed by atoms with E-state index in [-0.39, 0.29) is 23.4 Å². The van der Waals surface area contributed by atoms with Gasteiger partial charge in [0, 0.05) is 5.41 Å². The molecule has 2 fully saturated rings. The first-order valence-electron chi connectivity index (χ1n) is 9.53. The fraction of sp³-hybridized carbons (Fsp3) is 0.810. The number of hydrogen-bond donors (Lipinski definition) is 3. The molecule has 0 aromatic rings. The Balaban J connectivity index is 1.76. The molecule has 24 heavy (non-hydrogen) atoms. The summed E-state index contributed by atoms with van der Waals surface area (Å²) < 4.78 is 0. The highest BCUT2D eigenvalue weighted by atomic mass is 16.3. The second kappa shape index (κ2) is 5.10. The molecule has 0 heterocycles. The van der Waals surface area contributed by atoms with Gasteiger partial charge in [0.15, 0.2) is 0 Å². The van der Waals surface area contributed by atoms with E-state index in [1.165, 1.54) is 11.1 Å². The molecule has 0 spiro atoms. The van der Waals surface area contributed by atoms with Crippen LogP contribution >= 0.6 is 0 Å². The van der Waals surface area contributed by atoms with Crippen molar-refractivity contribution in [3.63, 3.8) is 0 Å². The average Bonchev–Trinajstić information content (AvgIpc) is 2.78. The van der Waals surface area contributed by atoms with Crippen molar-refractivity contribution in [2.75, 3.05) is 0 Å². The van der Waals surface area contributed by atoms with Crippen molar-refractivity contribution in [1.82, 2.24) is 0 Å². The summed E-state index contributed by atoms with van der Waals surface area (Å²) >= 11 is 0. The summed E-state index contributed by atoms with van der Waals surface area (Å²) in [6.45, 7) is 4.11. The summed E-state index contributed by atoms with van der Waals surface area (Å²) in [6, 6.07) is 0. The maximum Gasteiger partial charge on any atom is 0.130 e. The summed E-state index contributed by atoms with van der Waals surface area (Å²) in [5.41, 5.74) is 0.714. The van der Waals surface area contributed by atoms with Crippen LogP contribution in [0.5, 0.6) is 0 Å². The first kappa shape index (κ1) is 16.6. The van der Waals surface area contributed by atoms with Gasteiger partial charge >= 0.3 is 0 Å². The van der Waals surface area contributed by atoms with Crippen LogP contribution in [0.3, 0.4) is 0 Å². The highest BCUT2D eigenvalue weighted by Gasteiger charge is 2.64. The van der Waals surface area contributed by atoms with Gasteiger partial charge in [0.05, 0.1) is 11.7 Å². The smallest absolute Gasteiger partial charge is 0.130 e. The number of aliphatic hydroxyl groups excluding tert-OH is 1. The molecule has 0 aliphatic heterocycles. The Morgan fingerprint density at radius 3 is 2.58 bits per heavy atom. The van der Waals surface area contributed by atoms with E-state index in [1.807, 2.05) is 6.92 Å². The van der Waals surface area contributed by atoms with Gasteiger partial charge in [0.25, 0.3) is 0 Å². The van der Waals surface area contributed by atoms with E-state index < -0.39 is 11.2 Å². The van der Waals surface area contributed by atoms with Crippen LogP contribution in [0.15, 0.2) is 11.1 Å². The van der Waals surface area contributed by atoms with Gasteiger partial charge in [-0.15, -0.1) is 6.42 Å². The van der Waals surface area contributed by atoms with Gasteiger partial charge < -0.3 is 15.3 Å². The highest BCUT2D eigenvalue weighted by Crippen LogP contribution is 2.65. The topological polar surface area (TPSA) is 60.7 Å². The molecule has 132 valence electrons. The Hall–Kier alpha value is -0.820. The van der Waals surface area contributed by atoms with Gasteiger partial charge in [0.1, 0.15) is 5.60 Å². The second-order valence-corrected chi connectivity index (χ2v) is 9.30. The largest absolute Gasteiger partial charge is 0.393 e. The molecular formula is C21H30O3. The van der Waals surface area contributed by atoms with Gasteiger partial charge in [-0.25, -0.2) is 0 Å². The minimum Gasteiger partial charge on any atom is -0.393 e. The van der Waals surface area contributed by atoms with Crippen LogP contribution in [0.4, 0.5) is 0 Å². The van der Waals surface area contributed by atoms with Gasteiger partial charge in [-0.05, 0) is 76.0 Å². The minimum absolute atomic E-state index is 0.174. The summed E-state index contributed by atoms with van der Waals surface area (Å²) in [5.74, 6) is 3.54. The lowest BCUT2D eigenvalue weighted by atomic mass is 9.49. The van der Waals surface area contributed by atoms with E-state index in [4.69, 9.17) is 6.42 Å². The van der Waals surface area contributed by atoms with E-state index in [0.29, 0.717) is 18.8 Å². The first-order valence-corrected chi connectivity index (χ1v) is 9.53. The molecule has 0 radical (unpaired) electrons. The number of aliphatic hydroxyl groups is 3. The van der Waals surface area contributed by atoms with Crippen molar-refractivity contribution in [3.05, 3.63) is 11.1 Å². The second-order valence-electron chi connectivity index (χ2n) is 9.30. The predicted octanol–water partition coefficient (Wildman–Crippen LogP) is 2.79. The van der Waals surface area contributed by atoms with Gasteiger partial charge in [-0.2, -0.15) is 0 Å². The van der Waals surface area contributed by atoms with Crippen LogP contribution in [-0.2, 0) is 0 Å². The van der Waals surface area contributed by atoms with Crippen LogP contribution in [0, 0.1) is 35.5 Å². The van der Waals surface area contributed by atoms with Crippen LogP contribution in [0.25, 0.3) is 0 Å². The third kappa shape index (κ3) is 2.03. The molecule has 0 aromatic heterocycles. The zero-order valence-electron chi connectivity index (χ0n) is 14.9. The quantitative estimate of drug-likeness (QED) is 0.473. The standard InChI is InChI=1S/C21H30O3/c1-4-21(24)10-8-17-18-16(7-9-19(17,21)2)15-6-5-14(22)11-13(15)12-20(18,3)23/h1,14,16-18,22-24H,5-12H2,2-3H3/t14-,16-,17+,18-,19+,20-,21+/m1/s1. The number of allylic oxidation sites excluding steroid dienone is 1. The lowest BCUT2D eigenvalue weighted by Crippen LogP contribution is -2.57. The summed E-state index contributed by atoms with van der Waals surface area (Å²) in [7, 11) is 0. The summed E-state index contributed by atoms with van der Waals surface area (Å²) in [4.78, 5) is 0. The Labute approximate surface area is 145 Å². The first-order chi connectivity index (χ1) is 11.2. The third-order valence-corrected chi connectivity index (χ3v) is 8.08. The Bertz CT molecular complexity index is 627. The molecule has 4 aliphatic carbocycles. The minimum atomic E-state index is -1.03. The van der Waals surface area contributed by atoms with Crippen molar-refractivity contribution in [3.8, 4) is 12.3 Å². The number of terminal acetylenes is 1. The van der Waals surface area contributed by atoms with E-state index >= 15 is 0 Å². The number of hydrogen-bond acceptors (Lipinski definition) is 3. The third-order valence-electron chi connectivity index (χ3n) is 8.08. The zero-order valence-corrected chi connectivity index (χ0v) is 14.9. The summed E-state index contributed by atoms with van der Waals surface area (Å²) in [5, 5.41) is 32.4. The zero-order chi connectivity index (χ0) is 17.3. The molecule has 3 heteroatoms. The fourth-order valence-corrected chi connectivity index (χ4v) is 6.85. The molecule has 0 bridgehead atoms. The van der Waals surface area contributed by atoms with Crippen LogP contribution in [-0.4, -0.2) is 32.6 Å². The molecule has 7 atom stereocenters. The van der Waals surface area contributed by atoms with Crippen molar-refractivity contribution in [2.24, 2.45) is 23.2 Å². The normalized spacial score (nSPS) is 53.8. The lowest BCUT2D eigenvalue weighted by molar-refractivity contribution is -0.134. The molecule has 0 unspecified atom stereocenters. The van der Waals surface area contributed by atoms with Crippen molar-refractivity contribution < 1.29 is 15.3 Å². The molecule has 4 rings (SSSR count). The van der Waals surface area contributed by atoms with E-state index in [9.17, 15) is 15.3 Å². The summed E-state index contributed by atoms with van der Waals surface area (Å²) in [6.07, 6.45) is 12.2. The van der Waals surface area contributed by atoms with Crippen LogP contribution < -0.4 is 0 Å². The molecule has 0 aromatic carbocycles. The number of rotatable bonds is 0. The molecule has 2 saturated carbocycles.